The van der Waals surface area contributed by atoms with Crippen molar-refractivity contribution in [2.45, 2.75) is 65.0 Å². The smallest absolute Gasteiger partial charge is 0.166 e. The highest BCUT2D eigenvalue weighted by Crippen LogP contribution is 2.39. The summed E-state index contributed by atoms with van der Waals surface area (Å²) in [7, 11) is 0. The summed E-state index contributed by atoms with van der Waals surface area (Å²) in [6, 6.07) is 4.82. The Morgan fingerprint density at radius 2 is 1.63 bits per heavy atom. The third kappa shape index (κ3) is 3.99. The van der Waals surface area contributed by atoms with E-state index in [0.29, 0.717) is 5.56 Å². The van der Waals surface area contributed by atoms with Gasteiger partial charge in [-0.15, -0.1) is 0 Å². The summed E-state index contributed by atoms with van der Waals surface area (Å²) in [5.74, 6) is 0.167. The molecule has 0 saturated heterocycles. The highest BCUT2D eigenvalue weighted by molar-refractivity contribution is 5.39. The molecule has 108 valence electrons. The Bertz CT molecular complexity index is 425. The monoisotopic (exact) mass is 272 g/mol. The van der Waals surface area contributed by atoms with Crippen molar-refractivity contribution in [2.24, 2.45) is 0 Å². The van der Waals surface area contributed by atoms with E-state index in [0.717, 1.165) is 18.4 Å². The fraction of sp³-hybridized carbons (Fsp3) is 0.625. The minimum atomic E-state index is -4.29. The fourth-order valence-corrected chi connectivity index (χ4v) is 2.36. The van der Waals surface area contributed by atoms with Gasteiger partial charge in [0.25, 0.3) is 0 Å². The second kappa shape index (κ2) is 5.56. The summed E-state index contributed by atoms with van der Waals surface area (Å²) >= 11 is 0. The van der Waals surface area contributed by atoms with Crippen LogP contribution >= 0.6 is 0 Å². The quantitative estimate of drug-likeness (QED) is 0.642. The predicted molar refractivity (Wildman–Crippen MR) is 73.5 cm³/mol. The highest BCUT2D eigenvalue weighted by Gasteiger charge is 2.36. The molecule has 0 heterocycles. The van der Waals surface area contributed by atoms with Crippen LogP contribution in [-0.2, 0) is 11.6 Å². The Labute approximate surface area is 114 Å². The van der Waals surface area contributed by atoms with Crippen molar-refractivity contribution in [2.75, 3.05) is 0 Å². The van der Waals surface area contributed by atoms with Crippen LogP contribution in [-0.4, -0.2) is 0 Å². The van der Waals surface area contributed by atoms with E-state index >= 15 is 0 Å². The van der Waals surface area contributed by atoms with Crippen molar-refractivity contribution in [3.05, 3.63) is 34.9 Å². The van der Waals surface area contributed by atoms with Gasteiger partial charge >= 0.3 is 6.18 Å². The maximum atomic E-state index is 13.2. The van der Waals surface area contributed by atoms with Crippen molar-refractivity contribution in [1.29, 1.82) is 0 Å². The second-order valence-electron chi connectivity index (χ2n) is 6.24. The molecule has 1 unspecified atom stereocenters. The molecule has 0 nitrogen and oxygen atoms in total. The van der Waals surface area contributed by atoms with Crippen LogP contribution < -0.4 is 0 Å². The van der Waals surface area contributed by atoms with Gasteiger partial charge in [0.05, 0.1) is 5.56 Å². The maximum Gasteiger partial charge on any atom is 0.416 e. The summed E-state index contributed by atoms with van der Waals surface area (Å²) in [5, 5.41) is 0. The van der Waals surface area contributed by atoms with Crippen LogP contribution in [0.25, 0.3) is 0 Å². The van der Waals surface area contributed by atoms with Gasteiger partial charge in [-0.1, -0.05) is 53.2 Å². The fourth-order valence-electron chi connectivity index (χ4n) is 2.36. The molecule has 1 aromatic carbocycles. The lowest BCUT2D eigenvalue weighted by atomic mass is 9.81. The van der Waals surface area contributed by atoms with Crippen molar-refractivity contribution < 1.29 is 13.2 Å². The number of hydrogen-bond donors (Lipinski definition) is 0. The average Bonchev–Trinajstić information content (AvgIpc) is 2.26. The SMILES string of the molecule is CCCC(C)c1ccc(C(C)(C)C)c(C(F)(F)F)c1. The average molecular weight is 272 g/mol. The molecule has 19 heavy (non-hydrogen) atoms. The zero-order chi connectivity index (χ0) is 14.8. The zero-order valence-corrected chi connectivity index (χ0v) is 12.4. The van der Waals surface area contributed by atoms with Crippen molar-refractivity contribution in [1.82, 2.24) is 0 Å². The minimum absolute atomic E-state index is 0.167. The first kappa shape index (κ1) is 16.1. The zero-order valence-electron chi connectivity index (χ0n) is 12.4. The van der Waals surface area contributed by atoms with Crippen LogP contribution in [0.4, 0.5) is 13.2 Å². The molecule has 1 aromatic rings. The molecular weight excluding hydrogens is 249 g/mol. The van der Waals surface area contributed by atoms with E-state index < -0.39 is 17.2 Å². The normalized spacial score (nSPS) is 14.5. The van der Waals surface area contributed by atoms with Crippen LogP contribution in [0, 0.1) is 0 Å². The number of halogens is 3. The summed E-state index contributed by atoms with van der Waals surface area (Å²) < 4.78 is 39.6. The molecule has 1 atom stereocenters. The molecule has 1 rings (SSSR count). The van der Waals surface area contributed by atoms with Gasteiger partial charge in [-0.25, -0.2) is 0 Å². The van der Waals surface area contributed by atoms with Gasteiger partial charge in [-0.05, 0) is 34.9 Å². The van der Waals surface area contributed by atoms with Gasteiger partial charge in [0.1, 0.15) is 0 Å². The lowest BCUT2D eigenvalue weighted by Crippen LogP contribution is -2.20. The summed E-state index contributed by atoms with van der Waals surface area (Å²) in [4.78, 5) is 0. The van der Waals surface area contributed by atoms with Gasteiger partial charge in [0.15, 0.2) is 0 Å². The van der Waals surface area contributed by atoms with Crippen molar-refractivity contribution in [3.63, 3.8) is 0 Å². The molecule has 0 aliphatic carbocycles. The summed E-state index contributed by atoms with van der Waals surface area (Å²) in [6.45, 7) is 9.46. The molecule has 0 fully saturated rings. The molecule has 0 spiro atoms. The van der Waals surface area contributed by atoms with Gasteiger partial charge < -0.3 is 0 Å². The number of alkyl halides is 3. The Morgan fingerprint density at radius 3 is 2.05 bits per heavy atom. The number of benzene rings is 1. The largest absolute Gasteiger partial charge is 0.416 e. The topological polar surface area (TPSA) is 0 Å². The van der Waals surface area contributed by atoms with E-state index in [1.54, 1.807) is 6.07 Å². The first-order chi connectivity index (χ1) is 8.57. The van der Waals surface area contributed by atoms with Gasteiger partial charge in [0.2, 0.25) is 0 Å². The van der Waals surface area contributed by atoms with E-state index in [9.17, 15) is 13.2 Å². The number of rotatable bonds is 3. The Hall–Kier alpha value is -0.990. The van der Waals surface area contributed by atoms with E-state index in [1.807, 2.05) is 40.7 Å². The first-order valence-electron chi connectivity index (χ1n) is 6.79. The third-order valence-corrected chi connectivity index (χ3v) is 3.45. The molecule has 0 N–H and O–H groups in total. The predicted octanol–water partition coefficient (Wildman–Crippen LogP) is 5.91. The standard InChI is InChI=1S/C16H23F3/c1-6-7-11(2)12-8-9-13(15(3,4)5)14(10-12)16(17,18)19/h8-11H,6-7H2,1-5H3. The highest BCUT2D eigenvalue weighted by atomic mass is 19.4. The Kier molecular flexibility index (Phi) is 4.70. The van der Waals surface area contributed by atoms with Crippen LogP contribution in [0.3, 0.4) is 0 Å². The third-order valence-electron chi connectivity index (χ3n) is 3.45. The molecule has 0 aliphatic heterocycles. The van der Waals surface area contributed by atoms with Crippen molar-refractivity contribution >= 4 is 0 Å². The van der Waals surface area contributed by atoms with Crippen LogP contribution in [0.2, 0.25) is 0 Å². The molecule has 0 bridgehead atoms. The lowest BCUT2D eigenvalue weighted by Gasteiger charge is -2.25. The van der Waals surface area contributed by atoms with Crippen LogP contribution in [0.1, 0.15) is 70.1 Å². The van der Waals surface area contributed by atoms with Gasteiger partial charge in [0, 0.05) is 0 Å². The van der Waals surface area contributed by atoms with Crippen LogP contribution in [0.15, 0.2) is 18.2 Å². The van der Waals surface area contributed by atoms with Crippen LogP contribution in [0.5, 0.6) is 0 Å². The van der Waals surface area contributed by atoms with E-state index in [4.69, 9.17) is 0 Å². The molecule has 0 saturated carbocycles. The molecule has 0 radical (unpaired) electrons. The van der Waals surface area contributed by atoms with Gasteiger partial charge in [-0.3, -0.25) is 0 Å². The van der Waals surface area contributed by atoms with Crippen molar-refractivity contribution in [3.8, 4) is 0 Å². The minimum Gasteiger partial charge on any atom is -0.166 e. The van der Waals surface area contributed by atoms with E-state index in [1.165, 1.54) is 6.07 Å². The molecule has 0 aromatic heterocycles. The molecule has 3 heteroatoms. The Morgan fingerprint density at radius 1 is 1.05 bits per heavy atom. The molecule has 0 aliphatic rings. The summed E-state index contributed by atoms with van der Waals surface area (Å²) in [5.41, 5.74) is 0.160. The van der Waals surface area contributed by atoms with E-state index in [2.05, 4.69) is 0 Å². The second-order valence-corrected chi connectivity index (χ2v) is 6.24. The maximum absolute atomic E-state index is 13.2. The Balaban J connectivity index is 3.32. The lowest BCUT2D eigenvalue weighted by molar-refractivity contribution is -0.138. The number of hydrogen-bond acceptors (Lipinski definition) is 0. The van der Waals surface area contributed by atoms with E-state index in [-0.39, 0.29) is 5.92 Å². The van der Waals surface area contributed by atoms with Gasteiger partial charge in [-0.2, -0.15) is 13.2 Å². The molecular formula is C16H23F3. The molecule has 0 amide bonds. The summed E-state index contributed by atoms with van der Waals surface area (Å²) in [6.07, 6.45) is -2.40. The first-order valence-corrected chi connectivity index (χ1v) is 6.79.